The lowest BCUT2D eigenvalue weighted by Crippen LogP contribution is -2.44. The Balaban J connectivity index is 2.23. The summed E-state index contributed by atoms with van der Waals surface area (Å²) in [5.41, 5.74) is 1.21. The molecule has 6 heteroatoms. The van der Waals surface area contributed by atoms with Crippen LogP contribution in [0, 0.1) is 0 Å². The molecule has 1 aromatic heterocycles. The van der Waals surface area contributed by atoms with Gasteiger partial charge in [-0.3, -0.25) is 4.79 Å². The average Bonchev–Trinajstić information content (AvgIpc) is 2.82. The summed E-state index contributed by atoms with van der Waals surface area (Å²) < 4.78 is 1.59. The van der Waals surface area contributed by atoms with E-state index in [2.05, 4.69) is 0 Å². The molecule has 0 saturated carbocycles. The van der Waals surface area contributed by atoms with Crippen molar-refractivity contribution < 1.29 is 14.7 Å². The average molecular weight is 321 g/mol. The molecule has 0 aliphatic carbocycles. The Morgan fingerprint density at radius 2 is 1.95 bits per heavy atom. The molecule has 1 aromatic carbocycles. The largest absolute Gasteiger partial charge is 0.480 e. The van der Waals surface area contributed by atoms with Crippen LogP contribution in [0.25, 0.3) is 0 Å². The van der Waals surface area contributed by atoms with E-state index in [-0.39, 0.29) is 12.3 Å². The molecular formula is C16H17ClN2O3. The second-order valence-electron chi connectivity index (χ2n) is 5.11. The molecule has 0 bridgehead atoms. The summed E-state index contributed by atoms with van der Waals surface area (Å²) in [7, 11) is 3.19. The van der Waals surface area contributed by atoms with E-state index >= 15 is 0 Å². The number of carbonyl (C=O) groups is 2. The number of hydrogen-bond acceptors (Lipinski definition) is 2. The quantitative estimate of drug-likeness (QED) is 0.920. The highest BCUT2D eigenvalue weighted by Crippen LogP contribution is 2.17. The topological polar surface area (TPSA) is 62.5 Å². The fraction of sp³-hybridized carbons (Fsp3) is 0.250. The van der Waals surface area contributed by atoms with Gasteiger partial charge in [-0.25, -0.2) is 4.79 Å². The van der Waals surface area contributed by atoms with Crippen LogP contribution >= 0.6 is 11.6 Å². The molecule has 1 N–H and O–H groups in total. The van der Waals surface area contributed by atoms with Crippen molar-refractivity contribution in [1.29, 1.82) is 0 Å². The van der Waals surface area contributed by atoms with Crippen LogP contribution in [0.5, 0.6) is 0 Å². The smallest absolute Gasteiger partial charge is 0.326 e. The minimum Gasteiger partial charge on any atom is -0.480 e. The van der Waals surface area contributed by atoms with Crippen LogP contribution in [0.15, 0.2) is 42.6 Å². The van der Waals surface area contributed by atoms with Gasteiger partial charge in [-0.15, -0.1) is 0 Å². The standard InChI is InChI=1S/C16H17ClN2O3/c1-18-10-12(17)9-13(18)15(20)19(2)14(16(21)22)8-11-6-4-3-5-7-11/h3-7,9-10,14H,8H2,1-2H3,(H,21,22). The van der Waals surface area contributed by atoms with Gasteiger partial charge in [-0.05, 0) is 11.6 Å². The summed E-state index contributed by atoms with van der Waals surface area (Å²) >= 11 is 5.88. The van der Waals surface area contributed by atoms with Crippen LogP contribution in [0.1, 0.15) is 16.1 Å². The van der Waals surface area contributed by atoms with Gasteiger partial charge in [0.15, 0.2) is 0 Å². The van der Waals surface area contributed by atoms with Gasteiger partial charge in [-0.2, -0.15) is 0 Å². The van der Waals surface area contributed by atoms with Crippen LogP contribution in [0.3, 0.4) is 0 Å². The summed E-state index contributed by atoms with van der Waals surface area (Å²) in [6.07, 6.45) is 1.85. The summed E-state index contributed by atoms with van der Waals surface area (Å²) in [5, 5.41) is 9.89. The van der Waals surface area contributed by atoms with Crippen molar-refractivity contribution in [2.24, 2.45) is 7.05 Å². The van der Waals surface area contributed by atoms with Crippen molar-refractivity contribution in [3.63, 3.8) is 0 Å². The summed E-state index contributed by atoms with van der Waals surface area (Å²) in [6, 6.07) is 9.81. The van der Waals surface area contributed by atoms with Gasteiger partial charge in [-0.1, -0.05) is 41.9 Å². The van der Waals surface area contributed by atoms with E-state index < -0.39 is 12.0 Å². The highest BCUT2D eigenvalue weighted by molar-refractivity contribution is 6.31. The van der Waals surface area contributed by atoms with E-state index in [1.54, 1.807) is 17.8 Å². The number of halogens is 1. The first-order valence-electron chi connectivity index (χ1n) is 6.76. The molecule has 22 heavy (non-hydrogen) atoms. The molecule has 0 saturated heterocycles. The van der Waals surface area contributed by atoms with Crippen LogP contribution < -0.4 is 0 Å². The molecular weight excluding hydrogens is 304 g/mol. The van der Waals surface area contributed by atoms with E-state index in [0.29, 0.717) is 10.7 Å². The van der Waals surface area contributed by atoms with E-state index in [1.807, 2.05) is 30.3 Å². The number of nitrogens with zero attached hydrogens (tertiary/aromatic N) is 2. The number of hydrogen-bond donors (Lipinski definition) is 1. The molecule has 1 heterocycles. The third-order valence-electron chi connectivity index (χ3n) is 3.54. The Morgan fingerprint density at radius 3 is 2.45 bits per heavy atom. The highest BCUT2D eigenvalue weighted by Gasteiger charge is 2.28. The number of aliphatic carboxylic acids is 1. The molecule has 2 rings (SSSR count). The first kappa shape index (κ1) is 16.1. The lowest BCUT2D eigenvalue weighted by atomic mass is 10.0. The van der Waals surface area contributed by atoms with Crippen LogP contribution in [-0.2, 0) is 18.3 Å². The zero-order chi connectivity index (χ0) is 16.3. The van der Waals surface area contributed by atoms with Crippen molar-refractivity contribution in [3.05, 3.63) is 58.9 Å². The number of amides is 1. The molecule has 1 unspecified atom stereocenters. The summed E-state index contributed by atoms with van der Waals surface area (Å²) in [6.45, 7) is 0. The number of rotatable bonds is 5. The van der Waals surface area contributed by atoms with Crippen molar-refractivity contribution in [2.75, 3.05) is 7.05 Å². The van der Waals surface area contributed by atoms with Crippen LogP contribution in [-0.4, -0.2) is 39.5 Å². The third-order valence-corrected chi connectivity index (χ3v) is 3.74. The lowest BCUT2D eigenvalue weighted by Gasteiger charge is -2.25. The predicted octanol–water partition coefficient (Wildman–Crippen LogP) is 2.45. The van der Waals surface area contributed by atoms with Gasteiger partial charge < -0.3 is 14.6 Å². The zero-order valence-electron chi connectivity index (χ0n) is 12.4. The Bertz CT molecular complexity index is 682. The molecule has 0 aliphatic rings. The number of carbonyl (C=O) groups excluding carboxylic acids is 1. The predicted molar refractivity (Wildman–Crippen MR) is 84.1 cm³/mol. The Kier molecular flexibility index (Phi) is 4.88. The third kappa shape index (κ3) is 3.49. The Hall–Kier alpha value is -2.27. The molecule has 116 valence electrons. The second kappa shape index (κ2) is 6.66. The van der Waals surface area contributed by atoms with E-state index in [1.165, 1.54) is 18.0 Å². The number of likely N-dealkylation sites (N-methyl/N-ethyl adjacent to an activating group) is 1. The van der Waals surface area contributed by atoms with Crippen molar-refractivity contribution in [3.8, 4) is 0 Å². The zero-order valence-corrected chi connectivity index (χ0v) is 13.1. The number of carboxylic acids is 1. The molecule has 0 fully saturated rings. The SMILES string of the molecule is CN(C(=O)c1cc(Cl)cn1C)C(Cc1ccccc1)C(=O)O. The molecule has 1 amide bonds. The van der Waals surface area contributed by atoms with Gasteiger partial charge in [0.25, 0.3) is 5.91 Å². The summed E-state index contributed by atoms with van der Waals surface area (Å²) in [5.74, 6) is -1.42. The van der Waals surface area contributed by atoms with Crippen molar-refractivity contribution in [1.82, 2.24) is 9.47 Å². The van der Waals surface area contributed by atoms with E-state index in [9.17, 15) is 14.7 Å². The molecule has 5 nitrogen and oxygen atoms in total. The Morgan fingerprint density at radius 1 is 1.32 bits per heavy atom. The first-order chi connectivity index (χ1) is 10.4. The number of aryl methyl sites for hydroxylation is 1. The normalized spacial score (nSPS) is 12.0. The monoisotopic (exact) mass is 320 g/mol. The minimum absolute atomic E-state index is 0.247. The molecule has 2 aromatic rings. The lowest BCUT2D eigenvalue weighted by molar-refractivity contribution is -0.141. The van der Waals surface area contributed by atoms with Gasteiger partial charge in [0.1, 0.15) is 11.7 Å². The van der Waals surface area contributed by atoms with Crippen molar-refractivity contribution in [2.45, 2.75) is 12.5 Å². The molecule has 0 radical (unpaired) electrons. The minimum atomic E-state index is -1.04. The van der Waals surface area contributed by atoms with Gasteiger partial charge in [0.05, 0.1) is 5.02 Å². The molecule has 0 spiro atoms. The van der Waals surface area contributed by atoms with E-state index in [4.69, 9.17) is 11.6 Å². The maximum Gasteiger partial charge on any atom is 0.326 e. The van der Waals surface area contributed by atoms with Crippen LogP contribution in [0.4, 0.5) is 0 Å². The van der Waals surface area contributed by atoms with Gasteiger partial charge in [0.2, 0.25) is 0 Å². The highest BCUT2D eigenvalue weighted by atomic mass is 35.5. The molecule has 1 atom stereocenters. The number of benzene rings is 1. The number of aromatic nitrogens is 1. The first-order valence-corrected chi connectivity index (χ1v) is 7.13. The van der Waals surface area contributed by atoms with E-state index in [0.717, 1.165) is 5.56 Å². The van der Waals surface area contributed by atoms with Gasteiger partial charge in [0, 0.05) is 26.7 Å². The van der Waals surface area contributed by atoms with Gasteiger partial charge >= 0.3 is 5.97 Å². The number of carboxylic acid groups (broad SMARTS) is 1. The summed E-state index contributed by atoms with van der Waals surface area (Å²) in [4.78, 5) is 25.3. The second-order valence-corrected chi connectivity index (χ2v) is 5.55. The molecule has 0 aliphatic heterocycles. The fourth-order valence-corrected chi connectivity index (χ4v) is 2.54. The van der Waals surface area contributed by atoms with Crippen LogP contribution in [0.2, 0.25) is 5.02 Å². The fourth-order valence-electron chi connectivity index (χ4n) is 2.29. The van der Waals surface area contributed by atoms with Crippen molar-refractivity contribution >= 4 is 23.5 Å². The Labute approximate surface area is 133 Å². The maximum atomic E-state index is 12.5. The maximum absolute atomic E-state index is 12.5.